The van der Waals surface area contributed by atoms with Gasteiger partial charge in [0.25, 0.3) is 0 Å². The number of aryl methyl sites for hydroxylation is 1. The van der Waals surface area contributed by atoms with Crippen molar-refractivity contribution in [1.82, 2.24) is 15.1 Å². The van der Waals surface area contributed by atoms with Crippen LogP contribution in [0.25, 0.3) is 0 Å². The van der Waals surface area contributed by atoms with Crippen molar-refractivity contribution in [3.63, 3.8) is 0 Å². The Labute approximate surface area is 110 Å². The van der Waals surface area contributed by atoms with E-state index in [0.717, 1.165) is 25.4 Å². The number of nitrogens with one attached hydrogen (secondary N) is 1. The molecule has 102 valence electrons. The molecule has 1 aliphatic rings. The molecule has 4 heteroatoms. The summed E-state index contributed by atoms with van der Waals surface area (Å²) in [4.78, 5) is 0. The van der Waals surface area contributed by atoms with Crippen molar-refractivity contribution in [3.05, 3.63) is 12.4 Å². The standard InChI is InChI=1S/C14H25N3O/c1-2-17-12-14(11-16-17)18-10-9-15-13-7-5-3-4-6-8-13/h11-13,15H,2-10H2,1H3. The first-order chi connectivity index (χ1) is 8.88. The van der Waals surface area contributed by atoms with E-state index in [0.29, 0.717) is 6.04 Å². The molecule has 0 aliphatic heterocycles. The van der Waals surface area contributed by atoms with E-state index in [9.17, 15) is 0 Å². The van der Waals surface area contributed by atoms with E-state index in [2.05, 4.69) is 17.3 Å². The van der Waals surface area contributed by atoms with Gasteiger partial charge in [0.15, 0.2) is 5.75 Å². The largest absolute Gasteiger partial charge is 0.489 e. The molecule has 1 aliphatic carbocycles. The van der Waals surface area contributed by atoms with Crippen molar-refractivity contribution in [2.75, 3.05) is 13.2 Å². The molecule has 1 aromatic rings. The van der Waals surface area contributed by atoms with E-state index < -0.39 is 0 Å². The van der Waals surface area contributed by atoms with Gasteiger partial charge in [-0.1, -0.05) is 25.7 Å². The normalized spacial score (nSPS) is 17.6. The van der Waals surface area contributed by atoms with Gasteiger partial charge in [-0.05, 0) is 19.8 Å². The Morgan fingerprint density at radius 2 is 2.11 bits per heavy atom. The smallest absolute Gasteiger partial charge is 0.157 e. The van der Waals surface area contributed by atoms with Gasteiger partial charge >= 0.3 is 0 Å². The topological polar surface area (TPSA) is 39.1 Å². The zero-order valence-electron chi connectivity index (χ0n) is 11.4. The molecule has 0 aromatic carbocycles. The van der Waals surface area contributed by atoms with Crippen molar-refractivity contribution >= 4 is 0 Å². The lowest BCUT2D eigenvalue weighted by atomic mass is 10.1. The molecule has 0 unspecified atom stereocenters. The fourth-order valence-electron chi connectivity index (χ4n) is 2.51. The maximum Gasteiger partial charge on any atom is 0.157 e. The number of rotatable bonds is 6. The summed E-state index contributed by atoms with van der Waals surface area (Å²) in [5.41, 5.74) is 0. The Balaban J connectivity index is 1.60. The van der Waals surface area contributed by atoms with Gasteiger partial charge in [0, 0.05) is 19.1 Å². The van der Waals surface area contributed by atoms with Crippen LogP contribution in [0.15, 0.2) is 12.4 Å². The van der Waals surface area contributed by atoms with Gasteiger partial charge in [-0.25, -0.2) is 0 Å². The maximum absolute atomic E-state index is 5.66. The Morgan fingerprint density at radius 1 is 1.33 bits per heavy atom. The minimum absolute atomic E-state index is 0.703. The zero-order chi connectivity index (χ0) is 12.6. The predicted octanol–water partition coefficient (Wildman–Crippen LogP) is 2.59. The summed E-state index contributed by atoms with van der Waals surface area (Å²) < 4.78 is 7.55. The Morgan fingerprint density at radius 3 is 2.78 bits per heavy atom. The first-order valence-electron chi connectivity index (χ1n) is 7.27. The van der Waals surface area contributed by atoms with Crippen molar-refractivity contribution in [2.45, 2.75) is 58.0 Å². The van der Waals surface area contributed by atoms with Gasteiger partial charge in [-0.2, -0.15) is 5.10 Å². The highest BCUT2D eigenvalue weighted by atomic mass is 16.5. The molecule has 18 heavy (non-hydrogen) atoms. The average molecular weight is 251 g/mol. The van der Waals surface area contributed by atoms with E-state index in [4.69, 9.17) is 4.74 Å². The molecule has 0 amide bonds. The molecule has 0 saturated heterocycles. The van der Waals surface area contributed by atoms with Crippen LogP contribution in [0, 0.1) is 0 Å². The molecule has 1 saturated carbocycles. The lowest BCUT2D eigenvalue weighted by Crippen LogP contribution is -2.32. The molecule has 4 nitrogen and oxygen atoms in total. The second kappa shape index (κ2) is 7.41. The summed E-state index contributed by atoms with van der Waals surface area (Å²) in [5.74, 6) is 0.875. The molecular weight excluding hydrogens is 226 g/mol. The number of aromatic nitrogens is 2. The molecule has 2 rings (SSSR count). The number of hydrogen-bond donors (Lipinski definition) is 1. The average Bonchev–Trinajstić information content (AvgIpc) is 2.70. The first kappa shape index (κ1) is 13.4. The summed E-state index contributed by atoms with van der Waals surface area (Å²) in [6, 6.07) is 0.703. The minimum atomic E-state index is 0.703. The lowest BCUT2D eigenvalue weighted by molar-refractivity contribution is 0.300. The third-order valence-corrected chi connectivity index (χ3v) is 3.59. The van der Waals surface area contributed by atoms with Crippen LogP contribution in [0.4, 0.5) is 0 Å². The molecule has 1 heterocycles. The van der Waals surface area contributed by atoms with Crippen LogP contribution in [0.2, 0.25) is 0 Å². The van der Waals surface area contributed by atoms with Crippen LogP contribution < -0.4 is 10.1 Å². The van der Waals surface area contributed by atoms with Crippen molar-refractivity contribution in [1.29, 1.82) is 0 Å². The highest BCUT2D eigenvalue weighted by Crippen LogP contribution is 2.17. The van der Waals surface area contributed by atoms with Crippen LogP contribution in [-0.2, 0) is 6.54 Å². The number of hydrogen-bond acceptors (Lipinski definition) is 3. The van der Waals surface area contributed by atoms with Crippen LogP contribution in [-0.4, -0.2) is 29.0 Å². The van der Waals surface area contributed by atoms with Gasteiger partial charge in [0.05, 0.1) is 12.4 Å². The number of ether oxygens (including phenoxy) is 1. The van der Waals surface area contributed by atoms with E-state index >= 15 is 0 Å². The van der Waals surface area contributed by atoms with Gasteiger partial charge in [0.2, 0.25) is 0 Å². The Bertz CT molecular complexity index is 330. The van der Waals surface area contributed by atoms with Gasteiger partial charge < -0.3 is 10.1 Å². The predicted molar refractivity (Wildman–Crippen MR) is 72.9 cm³/mol. The van der Waals surface area contributed by atoms with Crippen LogP contribution >= 0.6 is 0 Å². The second-order valence-corrected chi connectivity index (χ2v) is 5.02. The fraction of sp³-hybridized carbons (Fsp3) is 0.786. The molecule has 1 aromatic heterocycles. The maximum atomic E-state index is 5.66. The Kier molecular flexibility index (Phi) is 5.52. The first-order valence-corrected chi connectivity index (χ1v) is 7.27. The van der Waals surface area contributed by atoms with Gasteiger partial charge in [0.1, 0.15) is 6.61 Å². The van der Waals surface area contributed by atoms with Crippen LogP contribution in [0.1, 0.15) is 45.4 Å². The number of nitrogens with zero attached hydrogens (tertiary/aromatic N) is 2. The molecule has 1 fully saturated rings. The monoisotopic (exact) mass is 251 g/mol. The molecule has 0 spiro atoms. The quantitative estimate of drug-likeness (QED) is 0.624. The molecule has 0 bridgehead atoms. The SMILES string of the molecule is CCn1cc(OCCNC2CCCCCC2)cn1. The molecule has 1 N–H and O–H groups in total. The van der Waals surface area contributed by atoms with Crippen molar-refractivity contribution in [2.24, 2.45) is 0 Å². The van der Waals surface area contributed by atoms with E-state index in [-0.39, 0.29) is 0 Å². The third kappa shape index (κ3) is 4.33. The van der Waals surface area contributed by atoms with Gasteiger partial charge in [-0.15, -0.1) is 0 Å². The summed E-state index contributed by atoms with van der Waals surface area (Å²) in [5, 5.41) is 7.79. The third-order valence-electron chi connectivity index (χ3n) is 3.59. The molecule has 0 atom stereocenters. The van der Waals surface area contributed by atoms with Crippen LogP contribution in [0.3, 0.4) is 0 Å². The summed E-state index contributed by atoms with van der Waals surface area (Å²) in [6.45, 7) is 4.63. The summed E-state index contributed by atoms with van der Waals surface area (Å²) in [7, 11) is 0. The molecular formula is C14H25N3O. The Hall–Kier alpha value is -1.03. The molecule has 0 radical (unpaired) electrons. The van der Waals surface area contributed by atoms with Crippen molar-refractivity contribution in [3.8, 4) is 5.75 Å². The van der Waals surface area contributed by atoms with Gasteiger partial charge in [-0.3, -0.25) is 4.68 Å². The summed E-state index contributed by atoms with van der Waals surface area (Å²) in [6.07, 6.45) is 12.0. The highest BCUT2D eigenvalue weighted by Gasteiger charge is 2.10. The minimum Gasteiger partial charge on any atom is -0.489 e. The fourth-order valence-corrected chi connectivity index (χ4v) is 2.51. The van der Waals surface area contributed by atoms with E-state index in [1.54, 1.807) is 6.20 Å². The zero-order valence-corrected chi connectivity index (χ0v) is 11.4. The lowest BCUT2D eigenvalue weighted by Gasteiger charge is -2.15. The second-order valence-electron chi connectivity index (χ2n) is 5.02. The highest BCUT2D eigenvalue weighted by molar-refractivity contribution is 5.11. The summed E-state index contributed by atoms with van der Waals surface area (Å²) >= 11 is 0. The van der Waals surface area contributed by atoms with E-state index in [1.165, 1.54) is 38.5 Å². The van der Waals surface area contributed by atoms with Crippen LogP contribution in [0.5, 0.6) is 5.75 Å². The van der Waals surface area contributed by atoms with E-state index in [1.807, 2.05) is 10.9 Å². The van der Waals surface area contributed by atoms with Crippen molar-refractivity contribution < 1.29 is 4.74 Å².